The number of anilines is 3. The highest BCUT2D eigenvalue weighted by molar-refractivity contribution is 7.98. The van der Waals surface area contributed by atoms with E-state index in [1.807, 2.05) is 5.38 Å². The van der Waals surface area contributed by atoms with Crippen LogP contribution in [0.25, 0.3) is 0 Å². The van der Waals surface area contributed by atoms with Gasteiger partial charge in [0.1, 0.15) is 28.8 Å². The lowest BCUT2D eigenvalue weighted by atomic mass is 9.80. The van der Waals surface area contributed by atoms with Crippen LogP contribution in [0.2, 0.25) is 0 Å². The molecular formula is C23H21FN6S2. The molecule has 162 valence electrons. The van der Waals surface area contributed by atoms with Crippen LogP contribution in [0, 0.1) is 28.5 Å². The molecule has 2 heterocycles. The first-order chi connectivity index (χ1) is 15.6. The molecule has 32 heavy (non-hydrogen) atoms. The van der Waals surface area contributed by atoms with E-state index in [1.54, 1.807) is 12.1 Å². The van der Waals surface area contributed by atoms with Crippen molar-refractivity contribution in [2.24, 2.45) is 0 Å². The first-order valence-corrected chi connectivity index (χ1v) is 12.2. The fourth-order valence-corrected chi connectivity index (χ4v) is 5.69. The second-order valence-electron chi connectivity index (χ2n) is 7.59. The monoisotopic (exact) mass is 464 g/mol. The second kappa shape index (κ2) is 9.99. The summed E-state index contributed by atoms with van der Waals surface area (Å²) in [7, 11) is 0. The number of hydrogen-bond donors (Lipinski definition) is 2. The molecule has 0 aliphatic heterocycles. The summed E-state index contributed by atoms with van der Waals surface area (Å²) < 4.78 is 13.1. The number of thiazole rings is 1. The second-order valence-corrected chi connectivity index (χ2v) is 9.41. The third-order valence-electron chi connectivity index (χ3n) is 5.47. The van der Waals surface area contributed by atoms with Gasteiger partial charge in [0.25, 0.3) is 0 Å². The average Bonchev–Trinajstić information content (AvgIpc) is 3.26. The van der Waals surface area contributed by atoms with Crippen LogP contribution in [-0.2, 0) is 5.75 Å². The third-order valence-corrected chi connectivity index (χ3v) is 7.29. The molecule has 3 aromatic rings. The van der Waals surface area contributed by atoms with E-state index in [2.05, 4.69) is 27.4 Å². The largest absolute Gasteiger partial charge is 0.383 e. The maximum Gasteiger partial charge on any atom is 0.187 e. The third kappa shape index (κ3) is 4.85. The molecular weight excluding hydrogens is 443 g/mol. The molecule has 1 fully saturated rings. The van der Waals surface area contributed by atoms with Gasteiger partial charge in [-0.2, -0.15) is 10.5 Å². The van der Waals surface area contributed by atoms with Gasteiger partial charge < -0.3 is 11.1 Å². The number of nitrogen functional groups attached to an aromatic ring is 1. The highest BCUT2D eigenvalue weighted by Gasteiger charge is 2.27. The molecule has 2 aromatic heterocycles. The lowest BCUT2D eigenvalue weighted by Crippen LogP contribution is -2.13. The normalized spacial score (nSPS) is 14.0. The van der Waals surface area contributed by atoms with Crippen LogP contribution < -0.4 is 11.1 Å². The van der Waals surface area contributed by atoms with Gasteiger partial charge in [0, 0.05) is 16.8 Å². The van der Waals surface area contributed by atoms with Crippen molar-refractivity contribution in [3.8, 4) is 12.1 Å². The van der Waals surface area contributed by atoms with E-state index < -0.39 is 0 Å². The van der Waals surface area contributed by atoms with Crippen molar-refractivity contribution in [3.63, 3.8) is 0 Å². The minimum absolute atomic E-state index is 0.170. The Morgan fingerprint density at radius 3 is 2.50 bits per heavy atom. The number of halogens is 1. The molecule has 0 atom stereocenters. The lowest BCUT2D eigenvalue weighted by molar-refractivity contribution is 0.442. The summed E-state index contributed by atoms with van der Waals surface area (Å²) in [6, 6.07) is 10.6. The SMILES string of the molecule is N#Cc1c(N)nc(SCc2csc(Nc3ccc(F)cc3)n2)c(C#N)c1C1CCCCC1. The molecule has 3 N–H and O–H groups in total. The van der Waals surface area contributed by atoms with Gasteiger partial charge in [-0.1, -0.05) is 31.0 Å². The fraction of sp³-hybridized carbons (Fsp3) is 0.304. The highest BCUT2D eigenvalue weighted by atomic mass is 32.2. The topological polar surface area (TPSA) is 111 Å². The number of thioether (sulfide) groups is 1. The quantitative estimate of drug-likeness (QED) is 0.425. The summed E-state index contributed by atoms with van der Waals surface area (Å²) in [5.41, 5.74) is 9.29. The van der Waals surface area contributed by atoms with Gasteiger partial charge >= 0.3 is 0 Å². The number of benzene rings is 1. The van der Waals surface area contributed by atoms with Crippen molar-refractivity contribution < 1.29 is 4.39 Å². The Hall–Kier alpha value is -3.14. The fourth-order valence-electron chi connectivity index (χ4n) is 3.96. The standard InChI is InChI=1S/C23H21FN6S2/c24-15-6-8-16(9-7-15)28-23-29-17(13-32-23)12-31-22-19(11-26)20(14-4-2-1-3-5-14)18(10-25)21(27)30-22/h6-9,13-14H,1-5,12H2,(H2,27,30)(H,28,29). The van der Waals surface area contributed by atoms with E-state index in [9.17, 15) is 14.9 Å². The Labute approximate surface area is 194 Å². The molecule has 0 spiro atoms. The van der Waals surface area contributed by atoms with E-state index in [0.717, 1.165) is 42.6 Å². The number of rotatable bonds is 6. The smallest absolute Gasteiger partial charge is 0.187 e. The Bertz CT molecular complexity index is 1190. The summed E-state index contributed by atoms with van der Waals surface area (Å²) in [6.45, 7) is 0. The zero-order chi connectivity index (χ0) is 22.5. The van der Waals surface area contributed by atoms with Crippen LogP contribution in [-0.4, -0.2) is 9.97 Å². The molecule has 0 amide bonds. The number of nitrogens with zero attached hydrogens (tertiary/aromatic N) is 4. The Kier molecular flexibility index (Phi) is 6.89. The number of aromatic nitrogens is 2. The van der Waals surface area contributed by atoms with E-state index in [-0.39, 0.29) is 17.6 Å². The Balaban J connectivity index is 1.54. The van der Waals surface area contributed by atoms with Crippen molar-refractivity contribution in [2.45, 2.75) is 48.8 Å². The summed E-state index contributed by atoms with van der Waals surface area (Å²) in [5.74, 6) is 0.579. The predicted octanol–water partition coefficient (Wildman–Crippen LogP) is 6.09. The average molecular weight is 465 g/mol. The number of hydrogen-bond acceptors (Lipinski definition) is 8. The van der Waals surface area contributed by atoms with Gasteiger partial charge in [-0.25, -0.2) is 14.4 Å². The van der Waals surface area contributed by atoms with Crippen molar-refractivity contribution in [3.05, 3.63) is 57.8 Å². The Morgan fingerprint density at radius 1 is 1.09 bits per heavy atom. The number of nitriles is 2. The summed E-state index contributed by atoms with van der Waals surface area (Å²) in [5, 5.41) is 25.9. The minimum atomic E-state index is -0.290. The first kappa shape index (κ1) is 22.1. The first-order valence-electron chi connectivity index (χ1n) is 10.3. The predicted molar refractivity (Wildman–Crippen MR) is 125 cm³/mol. The van der Waals surface area contributed by atoms with Gasteiger partial charge in [-0.05, 0) is 48.6 Å². The zero-order valence-electron chi connectivity index (χ0n) is 17.3. The minimum Gasteiger partial charge on any atom is -0.383 e. The number of pyridine rings is 1. The van der Waals surface area contributed by atoms with Crippen LogP contribution >= 0.6 is 23.1 Å². The van der Waals surface area contributed by atoms with E-state index in [4.69, 9.17) is 5.73 Å². The van der Waals surface area contributed by atoms with Gasteiger partial charge in [0.05, 0.1) is 16.8 Å². The number of nitrogens with one attached hydrogen (secondary N) is 1. The van der Waals surface area contributed by atoms with Crippen molar-refractivity contribution >= 4 is 39.7 Å². The van der Waals surface area contributed by atoms with E-state index >= 15 is 0 Å². The van der Waals surface area contributed by atoms with Gasteiger partial charge in [0.15, 0.2) is 5.13 Å². The molecule has 0 bridgehead atoms. The maximum absolute atomic E-state index is 13.1. The molecule has 6 nitrogen and oxygen atoms in total. The molecule has 4 rings (SSSR count). The van der Waals surface area contributed by atoms with Crippen LogP contribution in [0.5, 0.6) is 0 Å². The summed E-state index contributed by atoms with van der Waals surface area (Å²) in [6.07, 6.45) is 5.28. The van der Waals surface area contributed by atoms with Crippen molar-refractivity contribution in [1.82, 2.24) is 9.97 Å². The molecule has 9 heteroatoms. The van der Waals surface area contributed by atoms with Crippen LogP contribution in [0.4, 0.5) is 21.0 Å². The van der Waals surface area contributed by atoms with Gasteiger partial charge in [0.2, 0.25) is 0 Å². The number of nitrogens with two attached hydrogens (primary N) is 1. The van der Waals surface area contributed by atoms with Gasteiger partial charge in [-0.3, -0.25) is 0 Å². The zero-order valence-corrected chi connectivity index (χ0v) is 18.9. The van der Waals surface area contributed by atoms with Crippen molar-refractivity contribution in [1.29, 1.82) is 10.5 Å². The van der Waals surface area contributed by atoms with Crippen LogP contribution in [0.1, 0.15) is 60.4 Å². The maximum atomic E-state index is 13.1. The molecule has 1 aliphatic carbocycles. The molecule has 1 aliphatic rings. The molecule has 0 saturated heterocycles. The van der Waals surface area contributed by atoms with Crippen molar-refractivity contribution in [2.75, 3.05) is 11.1 Å². The summed E-state index contributed by atoms with van der Waals surface area (Å²) >= 11 is 2.85. The molecule has 1 aromatic carbocycles. The summed E-state index contributed by atoms with van der Waals surface area (Å²) in [4.78, 5) is 8.95. The van der Waals surface area contributed by atoms with E-state index in [1.165, 1.54) is 41.7 Å². The molecule has 0 unspecified atom stereocenters. The molecule has 0 radical (unpaired) electrons. The van der Waals surface area contributed by atoms with E-state index in [0.29, 0.717) is 27.0 Å². The molecule has 1 saturated carbocycles. The van der Waals surface area contributed by atoms with Gasteiger partial charge in [-0.15, -0.1) is 11.3 Å². The van der Waals surface area contributed by atoms with Crippen LogP contribution in [0.3, 0.4) is 0 Å². The Morgan fingerprint density at radius 2 is 1.81 bits per heavy atom. The lowest BCUT2D eigenvalue weighted by Gasteiger charge is -2.25. The highest BCUT2D eigenvalue weighted by Crippen LogP contribution is 2.40. The van der Waals surface area contributed by atoms with Crippen LogP contribution in [0.15, 0.2) is 34.7 Å².